The summed E-state index contributed by atoms with van der Waals surface area (Å²) in [5.74, 6) is -0.874. The van der Waals surface area contributed by atoms with E-state index in [1.807, 2.05) is 44.2 Å². The maximum Gasteiger partial charge on any atom is 0.264 e. The first-order chi connectivity index (χ1) is 21.6. The second-order valence-corrected chi connectivity index (χ2v) is 13.5. The van der Waals surface area contributed by atoms with E-state index in [1.54, 1.807) is 60.7 Å². The van der Waals surface area contributed by atoms with Crippen LogP contribution >= 0.6 is 23.2 Å². The highest BCUT2D eigenvalue weighted by atomic mass is 35.5. The smallest absolute Gasteiger partial charge is 0.264 e. The van der Waals surface area contributed by atoms with Gasteiger partial charge in [0.1, 0.15) is 12.6 Å². The molecule has 7 nitrogen and oxygen atoms in total. The van der Waals surface area contributed by atoms with Gasteiger partial charge in [-0.1, -0.05) is 109 Å². The van der Waals surface area contributed by atoms with Gasteiger partial charge in [0.15, 0.2) is 0 Å². The molecule has 0 saturated carbocycles. The van der Waals surface area contributed by atoms with E-state index in [1.165, 1.54) is 17.0 Å². The molecule has 4 rings (SSSR count). The second-order valence-electron chi connectivity index (χ2n) is 10.8. The zero-order valence-electron chi connectivity index (χ0n) is 25.3. The van der Waals surface area contributed by atoms with Gasteiger partial charge in [-0.2, -0.15) is 0 Å². The first-order valence-corrected chi connectivity index (χ1v) is 17.0. The minimum atomic E-state index is -4.16. The van der Waals surface area contributed by atoms with Crippen molar-refractivity contribution in [2.45, 2.75) is 50.6 Å². The van der Waals surface area contributed by atoms with Crippen LogP contribution < -0.4 is 9.62 Å². The molecular weight excluding hydrogens is 629 g/mol. The summed E-state index contributed by atoms with van der Waals surface area (Å²) in [4.78, 5) is 29.8. The highest BCUT2D eigenvalue weighted by Gasteiger charge is 2.34. The predicted octanol–water partition coefficient (Wildman–Crippen LogP) is 7.05. The fraction of sp³-hybridized carbons (Fsp3) is 0.257. The number of hydrogen-bond donors (Lipinski definition) is 1. The molecule has 0 unspecified atom stereocenters. The van der Waals surface area contributed by atoms with Gasteiger partial charge in [0.25, 0.3) is 10.0 Å². The van der Waals surface area contributed by atoms with Crippen LogP contribution in [0.1, 0.15) is 36.5 Å². The van der Waals surface area contributed by atoms with Crippen molar-refractivity contribution in [2.24, 2.45) is 0 Å². The number of hydrogen-bond acceptors (Lipinski definition) is 4. The van der Waals surface area contributed by atoms with E-state index < -0.39 is 28.5 Å². The molecule has 0 saturated heterocycles. The Kier molecular flexibility index (Phi) is 12.0. The zero-order chi connectivity index (χ0) is 32.4. The lowest BCUT2D eigenvalue weighted by Gasteiger charge is -2.34. The van der Waals surface area contributed by atoms with Gasteiger partial charge < -0.3 is 10.2 Å². The number of benzene rings is 4. The topological polar surface area (TPSA) is 86.8 Å². The highest BCUT2D eigenvalue weighted by Crippen LogP contribution is 2.27. The molecule has 236 valence electrons. The molecule has 0 aliphatic rings. The average Bonchev–Trinajstić information content (AvgIpc) is 3.04. The van der Waals surface area contributed by atoms with Crippen LogP contribution in [0, 0.1) is 6.92 Å². The molecule has 0 spiro atoms. The number of anilines is 1. The quantitative estimate of drug-likeness (QED) is 0.146. The van der Waals surface area contributed by atoms with Crippen LogP contribution in [-0.4, -0.2) is 44.3 Å². The fourth-order valence-electron chi connectivity index (χ4n) is 4.86. The largest absolute Gasteiger partial charge is 0.354 e. The molecule has 4 aromatic carbocycles. The van der Waals surface area contributed by atoms with Crippen LogP contribution in [-0.2, 0) is 32.6 Å². The maximum absolute atomic E-state index is 14.5. The Bertz CT molecular complexity index is 1690. The molecule has 1 N–H and O–H groups in total. The Morgan fingerprint density at radius 2 is 1.47 bits per heavy atom. The summed E-state index contributed by atoms with van der Waals surface area (Å²) in [7, 11) is -4.16. The molecule has 0 aromatic heterocycles. The lowest BCUT2D eigenvalue weighted by atomic mass is 10.0. The van der Waals surface area contributed by atoms with Crippen LogP contribution in [0.15, 0.2) is 108 Å². The number of carbonyl (C=O) groups excluding carboxylic acids is 2. The summed E-state index contributed by atoms with van der Waals surface area (Å²) in [6, 6.07) is 28.5. The molecule has 4 aromatic rings. The minimum absolute atomic E-state index is 0.00162. The van der Waals surface area contributed by atoms with Crippen molar-refractivity contribution < 1.29 is 18.0 Å². The number of para-hydroxylation sites is 1. The molecule has 2 amide bonds. The zero-order valence-corrected chi connectivity index (χ0v) is 27.7. The summed E-state index contributed by atoms with van der Waals surface area (Å²) in [5.41, 5.74) is 2.73. The van der Waals surface area contributed by atoms with Crippen LogP contribution in [0.3, 0.4) is 0 Å². The van der Waals surface area contributed by atoms with Gasteiger partial charge in [0, 0.05) is 19.5 Å². The van der Waals surface area contributed by atoms with Gasteiger partial charge in [-0.3, -0.25) is 13.9 Å². The first kappa shape index (κ1) is 34.0. The molecule has 10 heteroatoms. The van der Waals surface area contributed by atoms with Gasteiger partial charge in [-0.05, 0) is 60.9 Å². The van der Waals surface area contributed by atoms with Crippen LogP contribution in [0.25, 0.3) is 0 Å². The summed E-state index contributed by atoms with van der Waals surface area (Å²) >= 11 is 12.5. The van der Waals surface area contributed by atoms with Crippen molar-refractivity contribution in [1.29, 1.82) is 0 Å². The van der Waals surface area contributed by atoms with Gasteiger partial charge in [-0.25, -0.2) is 8.42 Å². The van der Waals surface area contributed by atoms with E-state index in [0.29, 0.717) is 27.8 Å². The van der Waals surface area contributed by atoms with E-state index in [4.69, 9.17) is 23.2 Å². The third-order valence-electron chi connectivity index (χ3n) is 7.37. The number of nitrogens with one attached hydrogen (secondary N) is 1. The number of sulfonamides is 1. The number of nitrogens with zero attached hydrogens (tertiary/aromatic N) is 2. The third-order valence-corrected chi connectivity index (χ3v) is 9.90. The summed E-state index contributed by atoms with van der Waals surface area (Å²) in [6.07, 6.45) is 1.89. The fourth-order valence-corrected chi connectivity index (χ4v) is 6.59. The van der Waals surface area contributed by atoms with Gasteiger partial charge in [0.2, 0.25) is 11.8 Å². The van der Waals surface area contributed by atoms with Gasteiger partial charge in [-0.15, -0.1) is 0 Å². The number of unbranched alkanes of at least 4 members (excludes halogenated alkanes) is 1. The van der Waals surface area contributed by atoms with Gasteiger partial charge in [0.05, 0.1) is 20.6 Å². The first-order valence-electron chi connectivity index (χ1n) is 14.8. The van der Waals surface area contributed by atoms with E-state index in [2.05, 4.69) is 5.32 Å². The summed E-state index contributed by atoms with van der Waals surface area (Å²) in [5, 5.41) is 3.64. The minimum Gasteiger partial charge on any atom is -0.354 e. The second kappa shape index (κ2) is 15.9. The number of carbonyl (C=O) groups is 2. The van der Waals surface area contributed by atoms with Crippen LogP contribution in [0.2, 0.25) is 10.0 Å². The monoisotopic (exact) mass is 665 g/mol. The normalized spacial score (nSPS) is 11.9. The summed E-state index contributed by atoms with van der Waals surface area (Å²) in [6.45, 7) is 3.82. The lowest BCUT2D eigenvalue weighted by Crippen LogP contribution is -2.53. The van der Waals surface area contributed by atoms with Gasteiger partial charge >= 0.3 is 0 Å². The van der Waals surface area contributed by atoms with Crippen molar-refractivity contribution in [3.8, 4) is 0 Å². The Hall–Kier alpha value is -3.85. The number of rotatable bonds is 14. The molecule has 0 aliphatic carbocycles. The molecule has 0 bridgehead atoms. The average molecular weight is 667 g/mol. The number of aryl methyl sites for hydroxylation is 1. The van der Waals surface area contributed by atoms with E-state index in [-0.39, 0.29) is 23.8 Å². The Morgan fingerprint density at radius 3 is 2.09 bits per heavy atom. The molecule has 0 radical (unpaired) electrons. The van der Waals surface area contributed by atoms with Crippen molar-refractivity contribution in [1.82, 2.24) is 10.2 Å². The predicted molar refractivity (Wildman–Crippen MR) is 181 cm³/mol. The summed E-state index contributed by atoms with van der Waals surface area (Å²) < 4.78 is 29.2. The van der Waals surface area contributed by atoms with Crippen molar-refractivity contribution in [3.05, 3.63) is 130 Å². The Balaban J connectivity index is 1.78. The van der Waals surface area contributed by atoms with Crippen molar-refractivity contribution in [2.75, 3.05) is 17.4 Å². The van der Waals surface area contributed by atoms with E-state index in [9.17, 15) is 18.0 Å². The highest BCUT2D eigenvalue weighted by molar-refractivity contribution is 7.92. The lowest BCUT2D eigenvalue weighted by molar-refractivity contribution is -0.140. The molecule has 45 heavy (non-hydrogen) atoms. The molecule has 0 fully saturated rings. The number of halogens is 2. The maximum atomic E-state index is 14.5. The van der Waals surface area contributed by atoms with Crippen LogP contribution in [0.4, 0.5) is 5.69 Å². The van der Waals surface area contributed by atoms with E-state index >= 15 is 0 Å². The van der Waals surface area contributed by atoms with Crippen LogP contribution in [0.5, 0.6) is 0 Å². The number of amides is 2. The Morgan fingerprint density at radius 1 is 0.822 bits per heavy atom. The molecule has 0 heterocycles. The Labute approximate surface area is 275 Å². The van der Waals surface area contributed by atoms with E-state index in [0.717, 1.165) is 28.3 Å². The van der Waals surface area contributed by atoms with Crippen molar-refractivity contribution >= 4 is 50.7 Å². The molecular formula is C35H37Cl2N3O4S. The SMILES string of the molecule is CCCCNC(=O)[C@@H](Cc1ccccc1)N(Cc1ccc(Cl)c(Cl)c1)C(=O)CN(c1ccccc1)S(=O)(=O)c1ccc(C)cc1. The molecule has 1 atom stereocenters. The van der Waals surface area contributed by atoms with Crippen molar-refractivity contribution in [3.63, 3.8) is 0 Å². The molecule has 0 aliphatic heterocycles. The standard InChI is InChI=1S/C35H37Cl2N3O4S/c1-3-4-21-38-35(42)33(23-27-11-7-5-8-12-27)39(24-28-17-20-31(36)32(37)22-28)34(41)25-40(29-13-9-6-10-14-29)45(43,44)30-18-15-26(2)16-19-30/h5-20,22,33H,3-4,21,23-25H2,1-2H3,(H,38,42)/t33-/m1/s1. The third kappa shape index (κ3) is 9.10.